The Labute approximate surface area is 246 Å². The molecule has 0 unspecified atom stereocenters. The number of hydrogen-bond acceptors (Lipinski definition) is 6. The van der Waals surface area contributed by atoms with Crippen LogP contribution in [0.5, 0.6) is 5.75 Å². The van der Waals surface area contributed by atoms with Gasteiger partial charge in [0.25, 0.3) is 0 Å². The van der Waals surface area contributed by atoms with E-state index in [0.717, 1.165) is 49.0 Å². The smallest absolute Gasteiger partial charge is 0.301 e. The van der Waals surface area contributed by atoms with E-state index in [0.29, 0.717) is 46.6 Å². The summed E-state index contributed by atoms with van der Waals surface area (Å²) in [7, 11) is -0.773. The minimum Gasteiger partial charge on any atom is -0.494 e. The molecule has 0 aliphatic heterocycles. The molecule has 8 nitrogen and oxygen atoms in total. The summed E-state index contributed by atoms with van der Waals surface area (Å²) in [4.78, 5) is 16.3. The molecule has 3 aromatic rings. The number of hydrogen-bond donors (Lipinski definition) is 1. The van der Waals surface area contributed by atoms with Crippen LogP contribution < -0.4 is 9.46 Å². The fraction of sp³-hybridized carbons (Fsp3) is 0.531. The van der Waals surface area contributed by atoms with Crippen molar-refractivity contribution in [2.24, 2.45) is 0 Å². The summed E-state index contributed by atoms with van der Waals surface area (Å²) in [6, 6.07) is 12.3. The second kappa shape index (κ2) is 15.9. The Morgan fingerprint density at radius 3 is 2.12 bits per heavy atom. The molecule has 2 aromatic carbocycles. The summed E-state index contributed by atoms with van der Waals surface area (Å²) in [5.41, 5.74) is 1.93. The predicted octanol–water partition coefficient (Wildman–Crippen LogP) is 6.90. The van der Waals surface area contributed by atoms with Crippen LogP contribution in [-0.2, 0) is 16.6 Å². The van der Waals surface area contributed by atoms with Crippen LogP contribution >= 0.6 is 0 Å². The molecule has 0 spiro atoms. The SMILES string of the molecule is CCCCc1oc2ccc(NS(=O)(=O)N(C)C)cc2c1C(=O)c1ccc(OCCCN(CCCC)CCCC)cc1. The highest BCUT2D eigenvalue weighted by atomic mass is 32.2. The van der Waals surface area contributed by atoms with Crippen molar-refractivity contribution in [1.82, 2.24) is 9.21 Å². The molecule has 226 valence electrons. The first-order valence-electron chi connectivity index (χ1n) is 15.0. The number of nitrogens with zero attached hydrogens (tertiary/aromatic N) is 2. The van der Waals surface area contributed by atoms with Crippen LogP contribution in [0, 0.1) is 0 Å². The Balaban J connectivity index is 1.74. The third-order valence-electron chi connectivity index (χ3n) is 7.13. The summed E-state index contributed by atoms with van der Waals surface area (Å²) in [5, 5.41) is 0.594. The first-order valence-corrected chi connectivity index (χ1v) is 16.4. The van der Waals surface area contributed by atoms with Gasteiger partial charge in [-0.15, -0.1) is 0 Å². The van der Waals surface area contributed by atoms with E-state index >= 15 is 0 Å². The van der Waals surface area contributed by atoms with Gasteiger partial charge in [-0.2, -0.15) is 12.7 Å². The molecule has 0 bridgehead atoms. The predicted molar refractivity (Wildman–Crippen MR) is 167 cm³/mol. The third kappa shape index (κ3) is 9.31. The number of fused-ring (bicyclic) bond motifs is 1. The normalized spacial score (nSPS) is 12.0. The van der Waals surface area contributed by atoms with Crippen LogP contribution in [0.2, 0.25) is 0 Å². The average molecular weight is 586 g/mol. The molecule has 9 heteroatoms. The number of carbonyl (C=O) groups excluding carboxylic acids is 1. The number of benzene rings is 2. The van der Waals surface area contributed by atoms with Crippen LogP contribution in [0.25, 0.3) is 11.0 Å². The van der Waals surface area contributed by atoms with E-state index in [1.165, 1.54) is 39.8 Å². The molecular formula is C32H47N3O5S. The van der Waals surface area contributed by atoms with Crippen LogP contribution in [0.1, 0.15) is 87.4 Å². The molecular weight excluding hydrogens is 538 g/mol. The minimum absolute atomic E-state index is 0.156. The zero-order chi connectivity index (χ0) is 29.8. The zero-order valence-corrected chi connectivity index (χ0v) is 26.2. The quantitative estimate of drug-likeness (QED) is 0.122. The first-order chi connectivity index (χ1) is 19.7. The molecule has 1 N–H and O–H groups in total. The molecule has 0 atom stereocenters. The lowest BCUT2D eigenvalue weighted by Crippen LogP contribution is -2.28. The fourth-order valence-electron chi connectivity index (χ4n) is 4.64. The highest BCUT2D eigenvalue weighted by molar-refractivity contribution is 7.90. The number of nitrogens with one attached hydrogen (secondary N) is 1. The van der Waals surface area contributed by atoms with Crippen molar-refractivity contribution in [1.29, 1.82) is 0 Å². The number of anilines is 1. The largest absolute Gasteiger partial charge is 0.494 e. The minimum atomic E-state index is -3.69. The molecule has 0 radical (unpaired) electrons. The van der Waals surface area contributed by atoms with E-state index in [4.69, 9.17) is 9.15 Å². The lowest BCUT2D eigenvalue weighted by molar-refractivity contribution is 0.103. The Bertz CT molecular complexity index is 1340. The topological polar surface area (TPSA) is 92.1 Å². The van der Waals surface area contributed by atoms with Crippen molar-refractivity contribution in [3.63, 3.8) is 0 Å². The fourth-order valence-corrected chi connectivity index (χ4v) is 5.25. The van der Waals surface area contributed by atoms with Gasteiger partial charge < -0.3 is 14.1 Å². The molecule has 1 heterocycles. The lowest BCUT2D eigenvalue weighted by Gasteiger charge is -2.21. The Kier molecular flexibility index (Phi) is 12.7. The van der Waals surface area contributed by atoms with E-state index in [2.05, 4.69) is 30.4 Å². The van der Waals surface area contributed by atoms with E-state index < -0.39 is 10.2 Å². The number of rotatable bonds is 19. The van der Waals surface area contributed by atoms with Gasteiger partial charge in [0.2, 0.25) is 0 Å². The van der Waals surface area contributed by atoms with Crippen molar-refractivity contribution < 1.29 is 22.4 Å². The Morgan fingerprint density at radius 1 is 0.878 bits per heavy atom. The highest BCUT2D eigenvalue weighted by Gasteiger charge is 2.23. The summed E-state index contributed by atoms with van der Waals surface area (Å²) in [6.07, 6.45) is 8.26. The molecule has 3 rings (SSSR count). The maximum absolute atomic E-state index is 13.8. The van der Waals surface area contributed by atoms with Gasteiger partial charge in [0.15, 0.2) is 5.78 Å². The van der Waals surface area contributed by atoms with Crippen molar-refractivity contribution in [3.8, 4) is 5.75 Å². The summed E-state index contributed by atoms with van der Waals surface area (Å²) in [5.74, 6) is 1.20. The summed E-state index contributed by atoms with van der Waals surface area (Å²) in [6.45, 7) is 10.5. The van der Waals surface area contributed by atoms with Gasteiger partial charge in [0, 0.05) is 38.0 Å². The maximum Gasteiger partial charge on any atom is 0.301 e. The van der Waals surface area contributed by atoms with Gasteiger partial charge in [0.1, 0.15) is 17.1 Å². The number of ketones is 1. The molecule has 0 saturated heterocycles. The average Bonchev–Trinajstić information content (AvgIpc) is 3.32. The maximum atomic E-state index is 13.8. The molecule has 0 amide bonds. The van der Waals surface area contributed by atoms with Crippen LogP contribution in [0.15, 0.2) is 46.9 Å². The summed E-state index contributed by atoms with van der Waals surface area (Å²) < 4.78 is 40.5. The van der Waals surface area contributed by atoms with Gasteiger partial charge in [-0.3, -0.25) is 9.52 Å². The number of furan rings is 1. The number of unbranched alkanes of at least 4 members (excludes halogenated alkanes) is 3. The van der Waals surface area contributed by atoms with Crippen molar-refractivity contribution in [3.05, 3.63) is 59.4 Å². The highest BCUT2D eigenvalue weighted by Crippen LogP contribution is 2.32. The molecule has 0 fully saturated rings. The molecule has 0 aliphatic carbocycles. The Morgan fingerprint density at radius 2 is 1.51 bits per heavy atom. The van der Waals surface area contributed by atoms with Crippen LogP contribution in [0.3, 0.4) is 0 Å². The second-order valence-corrected chi connectivity index (χ2v) is 12.6. The summed E-state index contributed by atoms with van der Waals surface area (Å²) >= 11 is 0. The molecule has 0 aliphatic rings. The van der Waals surface area contributed by atoms with Gasteiger partial charge in [-0.05, 0) is 81.2 Å². The van der Waals surface area contributed by atoms with Crippen LogP contribution in [-0.4, -0.2) is 63.7 Å². The Hall–Kier alpha value is -2.88. The van der Waals surface area contributed by atoms with E-state index in [1.807, 2.05) is 12.1 Å². The number of carbonyl (C=O) groups is 1. The monoisotopic (exact) mass is 585 g/mol. The lowest BCUT2D eigenvalue weighted by atomic mass is 9.98. The van der Waals surface area contributed by atoms with E-state index in [-0.39, 0.29) is 5.78 Å². The molecule has 0 saturated carbocycles. The standard InChI is InChI=1S/C32H47N3O5S/c1-6-9-13-30-31(28-24-26(16-19-29(28)40-30)33-41(37,38)34(4)5)32(36)25-14-17-27(18-15-25)39-23-12-22-35(20-10-7-2)21-11-8-3/h14-19,24,33H,6-13,20-23H2,1-5H3. The van der Waals surface area contributed by atoms with Crippen molar-refractivity contribution >= 4 is 32.6 Å². The molecule has 1 aromatic heterocycles. The van der Waals surface area contributed by atoms with E-state index in [9.17, 15) is 13.2 Å². The van der Waals surface area contributed by atoms with Gasteiger partial charge in [0.05, 0.1) is 17.9 Å². The van der Waals surface area contributed by atoms with Crippen molar-refractivity contribution in [2.75, 3.05) is 45.1 Å². The third-order valence-corrected chi connectivity index (χ3v) is 8.59. The first kappa shape index (κ1) is 32.6. The van der Waals surface area contributed by atoms with E-state index in [1.54, 1.807) is 30.3 Å². The van der Waals surface area contributed by atoms with Gasteiger partial charge in [-0.1, -0.05) is 40.0 Å². The van der Waals surface area contributed by atoms with Gasteiger partial charge in [-0.25, -0.2) is 0 Å². The number of aryl methyl sites for hydroxylation is 1. The number of ether oxygens (including phenoxy) is 1. The second-order valence-electron chi connectivity index (χ2n) is 10.7. The molecule has 41 heavy (non-hydrogen) atoms. The van der Waals surface area contributed by atoms with Crippen LogP contribution in [0.4, 0.5) is 5.69 Å². The van der Waals surface area contributed by atoms with Gasteiger partial charge >= 0.3 is 10.2 Å². The van der Waals surface area contributed by atoms with Crippen molar-refractivity contribution in [2.45, 2.75) is 72.1 Å². The zero-order valence-electron chi connectivity index (χ0n) is 25.4.